The molecule has 2 aromatic carbocycles. The summed E-state index contributed by atoms with van der Waals surface area (Å²) in [6.07, 6.45) is -3.17. The van der Waals surface area contributed by atoms with Gasteiger partial charge in [0.05, 0.1) is 12.6 Å². The third-order valence-corrected chi connectivity index (χ3v) is 6.55. The first kappa shape index (κ1) is 23.9. The maximum atomic E-state index is 14.0. The minimum Gasteiger partial charge on any atom is -0.362 e. The lowest BCUT2D eigenvalue weighted by Crippen LogP contribution is -2.35. The Morgan fingerprint density at radius 3 is 2.56 bits per heavy atom. The van der Waals surface area contributed by atoms with Gasteiger partial charge in [0, 0.05) is 18.7 Å². The summed E-state index contributed by atoms with van der Waals surface area (Å²) >= 11 is 6.40. The molecule has 0 unspecified atom stereocenters. The number of aryl methyl sites for hydroxylation is 1. The van der Waals surface area contributed by atoms with Crippen LogP contribution in [0.4, 0.5) is 24.8 Å². The second-order valence-electron chi connectivity index (χ2n) is 8.64. The Labute approximate surface area is 209 Å². The van der Waals surface area contributed by atoms with Crippen LogP contribution in [0.5, 0.6) is 0 Å². The predicted molar refractivity (Wildman–Crippen MR) is 130 cm³/mol. The Morgan fingerprint density at radius 2 is 1.83 bits per heavy atom. The fourth-order valence-corrected chi connectivity index (χ4v) is 4.56. The van der Waals surface area contributed by atoms with Gasteiger partial charge in [-0.25, -0.2) is 4.68 Å². The first-order chi connectivity index (χ1) is 17.2. The van der Waals surface area contributed by atoms with E-state index in [2.05, 4.69) is 20.8 Å². The summed E-state index contributed by atoms with van der Waals surface area (Å²) < 4.78 is 44.3. The molecule has 186 valence electrons. The first-order valence-electron chi connectivity index (χ1n) is 11.3. The number of alkyl halides is 3. The van der Waals surface area contributed by atoms with Gasteiger partial charge in [-0.05, 0) is 23.6 Å². The van der Waals surface area contributed by atoms with E-state index >= 15 is 0 Å². The van der Waals surface area contributed by atoms with Gasteiger partial charge in [-0.1, -0.05) is 66.2 Å². The van der Waals surface area contributed by atoms with Crippen LogP contribution in [-0.4, -0.2) is 31.6 Å². The van der Waals surface area contributed by atoms with Crippen LogP contribution in [0.25, 0.3) is 0 Å². The zero-order valence-corrected chi connectivity index (χ0v) is 19.9. The molecule has 4 aromatic rings. The molecule has 0 saturated carbocycles. The third-order valence-electron chi connectivity index (χ3n) is 6.19. The van der Waals surface area contributed by atoms with Gasteiger partial charge in [0.15, 0.2) is 17.6 Å². The van der Waals surface area contributed by atoms with Crippen LogP contribution >= 0.6 is 11.6 Å². The molecule has 1 aliphatic rings. The number of amides is 1. The highest BCUT2D eigenvalue weighted by molar-refractivity contribution is 6.36. The smallest absolute Gasteiger partial charge is 0.362 e. The first-order valence-corrected chi connectivity index (χ1v) is 11.6. The van der Waals surface area contributed by atoms with E-state index in [0.717, 1.165) is 15.8 Å². The van der Waals surface area contributed by atoms with E-state index < -0.39 is 24.2 Å². The number of benzene rings is 2. The van der Waals surface area contributed by atoms with Crippen molar-refractivity contribution in [3.8, 4) is 0 Å². The summed E-state index contributed by atoms with van der Waals surface area (Å²) in [6, 6.07) is 15.7. The topological polar surface area (TPSA) is 76.8 Å². The van der Waals surface area contributed by atoms with E-state index in [9.17, 15) is 18.0 Å². The van der Waals surface area contributed by atoms with Crippen LogP contribution in [-0.2, 0) is 6.54 Å². The summed E-state index contributed by atoms with van der Waals surface area (Å²) in [5, 5.41) is 13.7. The van der Waals surface area contributed by atoms with Crippen LogP contribution in [0, 0.1) is 6.92 Å². The van der Waals surface area contributed by atoms with Crippen LogP contribution in [0.15, 0.2) is 66.9 Å². The Bertz CT molecular complexity index is 1400. The summed E-state index contributed by atoms with van der Waals surface area (Å²) in [5.74, 6) is -0.561. The second kappa shape index (κ2) is 9.34. The number of nitrogens with one attached hydrogen (secondary N) is 2. The number of hydrogen-bond acceptors (Lipinski definition) is 4. The van der Waals surface area contributed by atoms with Crippen LogP contribution in [0.3, 0.4) is 0 Å². The van der Waals surface area contributed by atoms with Crippen molar-refractivity contribution in [1.29, 1.82) is 0 Å². The summed E-state index contributed by atoms with van der Waals surface area (Å²) in [7, 11) is 0. The highest BCUT2D eigenvalue weighted by Gasteiger charge is 2.47. The van der Waals surface area contributed by atoms with Gasteiger partial charge in [0.25, 0.3) is 5.91 Å². The molecule has 5 rings (SSSR count). The fraction of sp³-hybridized carbons (Fsp3) is 0.240. The number of fused-ring (bicyclic) bond motifs is 1. The lowest BCUT2D eigenvalue weighted by molar-refractivity contribution is -0.173. The molecular weight excluding hydrogens is 493 g/mol. The number of carbonyl (C=O) groups excluding carboxylic acids is 1. The molecule has 7 nitrogen and oxygen atoms in total. The van der Waals surface area contributed by atoms with E-state index in [0.29, 0.717) is 12.1 Å². The predicted octanol–water partition coefficient (Wildman–Crippen LogP) is 6.00. The minimum atomic E-state index is -4.58. The number of anilines is 2. The van der Waals surface area contributed by atoms with Crippen molar-refractivity contribution >= 4 is 29.1 Å². The summed E-state index contributed by atoms with van der Waals surface area (Å²) in [4.78, 5) is 13.0. The molecule has 36 heavy (non-hydrogen) atoms. The van der Waals surface area contributed by atoms with Gasteiger partial charge in [0.1, 0.15) is 10.8 Å². The Kier molecular flexibility index (Phi) is 6.21. The zero-order valence-electron chi connectivity index (χ0n) is 19.1. The minimum absolute atomic E-state index is 0.0469. The standard InChI is InChI=1S/C25H22ClF3N6O/c1-15-7-5-6-10-17(15)14-34-12-11-20(32-34)31-24(36)22-21(26)23-30-18(16-8-3-2-4-9-16)13-19(25(27,28)29)35(23)33-22/h2-12,18-19,30H,13-14H2,1H3,(H,31,32,36)/t18-,19+/m1/s1. The number of aromatic nitrogens is 4. The van der Waals surface area contributed by atoms with Gasteiger partial charge in [0.2, 0.25) is 0 Å². The molecule has 0 bridgehead atoms. The monoisotopic (exact) mass is 514 g/mol. The third kappa shape index (κ3) is 4.68. The van der Waals surface area contributed by atoms with Crippen molar-refractivity contribution in [2.45, 2.75) is 38.1 Å². The van der Waals surface area contributed by atoms with Gasteiger partial charge in [-0.3, -0.25) is 9.48 Å². The largest absolute Gasteiger partial charge is 0.410 e. The summed E-state index contributed by atoms with van der Waals surface area (Å²) in [5.41, 5.74) is 2.55. The van der Waals surface area contributed by atoms with Gasteiger partial charge in [-0.2, -0.15) is 23.4 Å². The number of hydrogen-bond donors (Lipinski definition) is 2. The molecule has 2 N–H and O–H groups in total. The van der Waals surface area contributed by atoms with E-state index in [1.807, 2.05) is 31.2 Å². The SMILES string of the molecule is Cc1ccccc1Cn1ccc(NC(=O)c2nn3c(c2Cl)N[C@@H](c2ccccc2)C[C@H]3C(F)(F)F)n1. The molecule has 0 spiro atoms. The number of carbonyl (C=O) groups is 1. The zero-order chi connectivity index (χ0) is 25.4. The number of rotatable bonds is 5. The second-order valence-corrected chi connectivity index (χ2v) is 9.01. The van der Waals surface area contributed by atoms with Crippen molar-refractivity contribution in [2.24, 2.45) is 0 Å². The Hall–Kier alpha value is -3.79. The number of nitrogens with zero attached hydrogens (tertiary/aromatic N) is 4. The Balaban J connectivity index is 1.39. The quantitative estimate of drug-likeness (QED) is 0.342. The molecular formula is C25H22ClF3N6O. The van der Waals surface area contributed by atoms with Gasteiger partial charge < -0.3 is 10.6 Å². The van der Waals surface area contributed by atoms with Gasteiger partial charge >= 0.3 is 6.18 Å². The molecule has 0 radical (unpaired) electrons. The van der Waals surface area contributed by atoms with Crippen LogP contribution in [0.2, 0.25) is 5.02 Å². The summed E-state index contributed by atoms with van der Waals surface area (Å²) in [6.45, 7) is 2.49. The highest BCUT2D eigenvalue weighted by Crippen LogP contribution is 2.46. The molecule has 1 aliphatic heterocycles. The molecule has 2 atom stereocenters. The van der Waals surface area contributed by atoms with Crippen molar-refractivity contribution in [1.82, 2.24) is 19.6 Å². The highest BCUT2D eigenvalue weighted by atomic mass is 35.5. The molecule has 11 heteroatoms. The lowest BCUT2D eigenvalue weighted by atomic mass is 9.97. The fourth-order valence-electron chi connectivity index (χ4n) is 4.29. The van der Waals surface area contributed by atoms with E-state index in [1.165, 1.54) is 0 Å². The number of halogens is 4. The molecule has 1 amide bonds. The van der Waals surface area contributed by atoms with Crippen LogP contribution < -0.4 is 10.6 Å². The van der Waals surface area contributed by atoms with Crippen LogP contribution in [0.1, 0.15) is 45.7 Å². The molecule has 3 heterocycles. The lowest BCUT2D eigenvalue weighted by Gasteiger charge is -2.33. The average molecular weight is 515 g/mol. The van der Waals surface area contributed by atoms with E-state index in [1.54, 1.807) is 47.3 Å². The van der Waals surface area contributed by atoms with E-state index in [4.69, 9.17) is 11.6 Å². The normalized spacial score (nSPS) is 17.4. The molecule has 0 fully saturated rings. The molecule has 2 aromatic heterocycles. The Morgan fingerprint density at radius 1 is 1.11 bits per heavy atom. The average Bonchev–Trinajstić information content (AvgIpc) is 3.43. The van der Waals surface area contributed by atoms with Gasteiger partial charge in [-0.15, -0.1) is 0 Å². The van der Waals surface area contributed by atoms with Crippen molar-refractivity contribution < 1.29 is 18.0 Å². The maximum Gasteiger partial charge on any atom is 0.410 e. The maximum absolute atomic E-state index is 14.0. The molecule has 0 aliphatic carbocycles. The molecule has 0 saturated heterocycles. The van der Waals surface area contributed by atoms with Crippen molar-refractivity contribution in [3.63, 3.8) is 0 Å². The van der Waals surface area contributed by atoms with E-state index in [-0.39, 0.29) is 28.8 Å². The van der Waals surface area contributed by atoms with Crippen molar-refractivity contribution in [2.75, 3.05) is 10.6 Å². The van der Waals surface area contributed by atoms with Crippen molar-refractivity contribution in [3.05, 3.63) is 94.3 Å².